The van der Waals surface area contributed by atoms with Crippen molar-refractivity contribution >= 4 is 28.7 Å². The van der Waals surface area contributed by atoms with E-state index in [-0.39, 0.29) is 0 Å². The molecule has 0 unspecified atom stereocenters. The second-order valence-corrected chi connectivity index (χ2v) is 5.16. The van der Waals surface area contributed by atoms with Crippen LogP contribution >= 0.6 is 11.8 Å². The quantitative estimate of drug-likeness (QED) is 0.816. The average Bonchev–Trinajstić information content (AvgIpc) is 2.70. The summed E-state index contributed by atoms with van der Waals surface area (Å²) in [7, 11) is 1.67. The number of anilines is 1. The van der Waals surface area contributed by atoms with Gasteiger partial charge in [-0.2, -0.15) is 11.8 Å². The summed E-state index contributed by atoms with van der Waals surface area (Å²) < 4.78 is 7.31. The van der Waals surface area contributed by atoms with Gasteiger partial charge < -0.3 is 15.0 Å². The summed E-state index contributed by atoms with van der Waals surface area (Å²) in [6.45, 7) is 0.913. The Balaban J connectivity index is 2.22. The second-order valence-electron chi connectivity index (χ2n) is 4.18. The van der Waals surface area contributed by atoms with Crippen molar-refractivity contribution < 1.29 is 4.74 Å². The van der Waals surface area contributed by atoms with Gasteiger partial charge in [-0.3, -0.25) is 0 Å². The van der Waals surface area contributed by atoms with Crippen LogP contribution in [-0.2, 0) is 6.54 Å². The Morgan fingerprint density at radius 2 is 2.22 bits per heavy atom. The van der Waals surface area contributed by atoms with E-state index in [9.17, 15) is 0 Å². The van der Waals surface area contributed by atoms with Gasteiger partial charge in [0.05, 0.1) is 18.1 Å². The van der Waals surface area contributed by atoms with Crippen molar-refractivity contribution in [2.45, 2.75) is 19.4 Å². The number of fused-ring (bicyclic) bond motifs is 1. The van der Waals surface area contributed by atoms with E-state index >= 15 is 0 Å². The number of hydrogen-bond acceptors (Lipinski definition) is 4. The Kier molecular flexibility index (Phi) is 4.36. The molecule has 0 aliphatic rings. The lowest BCUT2D eigenvalue weighted by Crippen LogP contribution is -2.03. The summed E-state index contributed by atoms with van der Waals surface area (Å²) in [5.74, 6) is 2.62. The van der Waals surface area contributed by atoms with Crippen molar-refractivity contribution in [1.82, 2.24) is 9.55 Å². The maximum atomic E-state index is 5.97. The smallest absolute Gasteiger partial charge is 0.201 e. The number of nitrogens with zero attached hydrogens (tertiary/aromatic N) is 2. The number of ether oxygens (including phenoxy) is 1. The molecule has 0 radical (unpaired) electrons. The van der Waals surface area contributed by atoms with Gasteiger partial charge in [-0.15, -0.1) is 0 Å². The largest absolute Gasteiger partial charge is 0.497 e. The van der Waals surface area contributed by atoms with Crippen molar-refractivity contribution in [1.29, 1.82) is 0 Å². The molecule has 0 atom stereocenters. The Labute approximate surface area is 112 Å². The first-order chi connectivity index (χ1) is 8.76. The zero-order valence-corrected chi connectivity index (χ0v) is 11.7. The number of unbranched alkanes of at least 4 members (excludes halogenated alkanes) is 1. The SMILES string of the molecule is COc1ccc2nc(N)n(CCCCSC)c2c1. The monoisotopic (exact) mass is 265 g/mol. The lowest BCUT2D eigenvalue weighted by atomic mass is 10.3. The number of aryl methyl sites for hydroxylation is 1. The van der Waals surface area contributed by atoms with Crippen LogP contribution in [0, 0.1) is 0 Å². The third-order valence-corrected chi connectivity index (χ3v) is 3.66. The predicted octanol–water partition coefficient (Wildman–Crippen LogP) is 2.77. The third-order valence-electron chi connectivity index (χ3n) is 2.97. The molecule has 2 rings (SSSR count). The van der Waals surface area contributed by atoms with Crippen LogP contribution in [0.25, 0.3) is 11.0 Å². The average molecular weight is 265 g/mol. The maximum absolute atomic E-state index is 5.97. The van der Waals surface area contributed by atoms with E-state index in [4.69, 9.17) is 10.5 Å². The lowest BCUT2D eigenvalue weighted by Gasteiger charge is -2.06. The highest BCUT2D eigenvalue weighted by molar-refractivity contribution is 7.98. The first kappa shape index (κ1) is 13.1. The zero-order chi connectivity index (χ0) is 13.0. The molecule has 4 nitrogen and oxygen atoms in total. The normalized spacial score (nSPS) is 11.0. The van der Waals surface area contributed by atoms with Gasteiger partial charge in [-0.1, -0.05) is 0 Å². The van der Waals surface area contributed by atoms with Gasteiger partial charge in [0, 0.05) is 12.6 Å². The molecular formula is C13H19N3OS. The standard InChI is InChI=1S/C13H19N3OS/c1-17-10-5-6-11-12(9-10)16(13(14)15-11)7-3-4-8-18-2/h5-6,9H,3-4,7-8H2,1-2H3,(H2,14,15). The van der Waals surface area contributed by atoms with E-state index in [1.807, 2.05) is 30.0 Å². The van der Waals surface area contributed by atoms with Crippen LogP contribution in [-0.4, -0.2) is 28.7 Å². The molecule has 2 N–H and O–H groups in total. The fraction of sp³-hybridized carbons (Fsp3) is 0.462. The molecule has 0 saturated heterocycles. The lowest BCUT2D eigenvalue weighted by molar-refractivity contribution is 0.415. The molecule has 0 saturated carbocycles. The molecule has 2 aromatic rings. The number of methoxy groups -OCH3 is 1. The Hall–Kier alpha value is -1.36. The Morgan fingerprint density at radius 3 is 2.94 bits per heavy atom. The van der Waals surface area contributed by atoms with E-state index in [2.05, 4.69) is 15.8 Å². The maximum Gasteiger partial charge on any atom is 0.201 e. The summed E-state index contributed by atoms with van der Waals surface area (Å²) in [5.41, 5.74) is 7.95. The molecule has 0 amide bonds. The highest BCUT2D eigenvalue weighted by Crippen LogP contribution is 2.23. The molecule has 0 aliphatic heterocycles. The van der Waals surface area contributed by atoms with Crippen molar-refractivity contribution in [3.63, 3.8) is 0 Å². The molecule has 18 heavy (non-hydrogen) atoms. The summed E-state index contributed by atoms with van der Waals surface area (Å²) in [5, 5.41) is 0. The molecule has 5 heteroatoms. The van der Waals surface area contributed by atoms with Crippen LogP contribution < -0.4 is 10.5 Å². The second kappa shape index (κ2) is 6.00. The molecule has 1 aromatic heterocycles. The minimum atomic E-state index is 0.586. The van der Waals surface area contributed by atoms with Crippen LogP contribution in [0.15, 0.2) is 18.2 Å². The first-order valence-electron chi connectivity index (χ1n) is 6.05. The topological polar surface area (TPSA) is 53.1 Å². The van der Waals surface area contributed by atoms with Crippen LogP contribution in [0.2, 0.25) is 0 Å². The number of rotatable bonds is 6. The number of hydrogen-bond donors (Lipinski definition) is 1. The van der Waals surface area contributed by atoms with Crippen LogP contribution in [0.4, 0.5) is 5.95 Å². The van der Waals surface area contributed by atoms with Gasteiger partial charge in [-0.05, 0) is 37.0 Å². The highest BCUT2D eigenvalue weighted by atomic mass is 32.2. The molecule has 1 aromatic carbocycles. The summed E-state index contributed by atoms with van der Waals surface area (Å²) in [4.78, 5) is 4.37. The fourth-order valence-electron chi connectivity index (χ4n) is 2.00. The number of nitrogen functional groups attached to an aromatic ring is 1. The van der Waals surface area contributed by atoms with E-state index < -0.39 is 0 Å². The number of benzene rings is 1. The van der Waals surface area contributed by atoms with Gasteiger partial charge in [0.2, 0.25) is 5.95 Å². The van der Waals surface area contributed by atoms with E-state index in [0.717, 1.165) is 29.7 Å². The molecule has 0 fully saturated rings. The van der Waals surface area contributed by atoms with Crippen LogP contribution in [0.3, 0.4) is 0 Å². The minimum absolute atomic E-state index is 0.586. The fourth-order valence-corrected chi connectivity index (χ4v) is 2.49. The number of nitrogens with two attached hydrogens (primary N) is 1. The third kappa shape index (κ3) is 2.72. The Bertz CT molecular complexity index is 524. The van der Waals surface area contributed by atoms with Crippen molar-refractivity contribution in [2.24, 2.45) is 0 Å². The number of thioether (sulfide) groups is 1. The van der Waals surface area contributed by atoms with Crippen LogP contribution in [0.5, 0.6) is 5.75 Å². The van der Waals surface area contributed by atoms with Gasteiger partial charge in [0.25, 0.3) is 0 Å². The van der Waals surface area contributed by atoms with E-state index in [1.165, 1.54) is 12.2 Å². The highest BCUT2D eigenvalue weighted by Gasteiger charge is 2.08. The van der Waals surface area contributed by atoms with Gasteiger partial charge in [0.15, 0.2) is 0 Å². The summed E-state index contributed by atoms with van der Waals surface area (Å²) >= 11 is 1.88. The molecular weight excluding hydrogens is 246 g/mol. The van der Waals surface area contributed by atoms with E-state index in [0.29, 0.717) is 5.95 Å². The molecule has 0 spiro atoms. The van der Waals surface area contributed by atoms with Gasteiger partial charge in [0.1, 0.15) is 5.75 Å². The molecule has 0 aliphatic carbocycles. The van der Waals surface area contributed by atoms with Gasteiger partial charge in [-0.25, -0.2) is 4.98 Å². The van der Waals surface area contributed by atoms with Gasteiger partial charge >= 0.3 is 0 Å². The minimum Gasteiger partial charge on any atom is -0.497 e. The van der Waals surface area contributed by atoms with E-state index in [1.54, 1.807) is 7.11 Å². The number of imidazole rings is 1. The summed E-state index contributed by atoms with van der Waals surface area (Å²) in [6.07, 6.45) is 4.45. The molecule has 98 valence electrons. The predicted molar refractivity (Wildman–Crippen MR) is 78.3 cm³/mol. The molecule has 0 bridgehead atoms. The Morgan fingerprint density at radius 1 is 1.39 bits per heavy atom. The molecule has 1 heterocycles. The first-order valence-corrected chi connectivity index (χ1v) is 7.44. The number of aromatic nitrogens is 2. The summed E-state index contributed by atoms with van der Waals surface area (Å²) in [6, 6.07) is 5.85. The van der Waals surface area contributed by atoms with Crippen molar-refractivity contribution in [2.75, 3.05) is 24.9 Å². The zero-order valence-electron chi connectivity index (χ0n) is 10.8. The van der Waals surface area contributed by atoms with Crippen molar-refractivity contribution in [3.8, 4) is 5.75 Å². The van der Waals surface area contributed by atoms with Crippen molar-refractivity contribution in [3.05, 3.63) is 18.2 Å². The van der Waals surface area contributed by atoms with Crippen LogP contribution in [0.1, 0.15) is 12.8 Å².